The van der Waals surface area contributed by atoms with Crippen LogP contribution in [0.15, 0.2) is 54.6 Å². The van der Waals surface area contributed by atoms with Gasteiger partial charge in [0.1, 0.15) is 6.04 Å². The quantitative estimate of drug-likeness (QED) is 0.774. The van der Waals surface area contributed by atoms with Gasteiger partial charge < -0.3 is 5.32 Å². The predicted molar refractivity (Wildman–Crippen MR) is 90.3 cm³/mol. The first-order valence-corrected chi connectivity index (χ1v) is 7.81. The normalized spacial score (nSPS) is 16.0. The standard InChI is InChI=1S/C18H16N4O2/c23-16(19-11-12-6-2-1-3-7-12)10-15-17(24)21-18-20-13-8-4-5-9-14(13)22(15)18/h1-9,15H,10-11H2,(H,19,23)(H,20,21,24). The molecule has 3 aromatic rings. The van der Waals surface area contributed by atoms with Gasteiger partial charge in [-0.3, -0.25) is 19.5 Å². The summed E-state index contributed by atoms with van der Waals surface area (Å²) in [6.07, 6.45) is 0.0893. The average Bonchev–Trinajstić information content (AvgIpc) is 3.10. The van der Waals surface area contributed by atoms with Crippen molar-refractivity contribution in [1.29, 1.82) is 0 Å². The van der Waals surface area contributed by atoms with Crippen molar-refractivity contribution >= 4 is 28.8 Å². The number of para-hydroxylation sites is 2. The topological polar surface area (TPSA) is 76.0 Å². The number of benzene rings is 2. The molecule has 0 radical (unpaired) electrons. The van der Waals surface area contributed by atoms with Crippen molar-refractivity contribution in [3.8, 4) is 0 Å². The van der Waals surface area contributed by atoms with Crippen LogP contribution in [0.1, 0.15) is 18.0 Å². The Morgan fingerprint density at radius 2 is 1.88 bits per heavy atom. The number of rotatable bonds is 4. The molecular weight excluding hydrogens is 304 g/mol. The highest BCUT2D eigenvalue weighted by atomic mass is 16.2. The van der Waals surface area contributed by atoms with E-state index in [9.17, 15) is 9.59 Å². The van der Waals surface area contributed by atoms with Crippen LogP contribution < -0.4 is 10.6 Å². The SMILES string of the molecule is O=C(CC1C(=O)Nc2nc3ccccc3n21)NCc1ccccc1. The van der Waals surface area contributed by atoms with E-state index in [1.165, 1.54) is 0 Å². The zero-order valence-electron chi connectivity index (χ0n) is 12.9. The fourth-order valence-electron chi connectivity index (χ4n) is 2.99. The summed E-state index contributed by atoms with van der Waals surface area (Å²) in [6.45, 7) is 0.450. The molecule has 1 aromatic heterocycles. The number of nitrogens with zero attached hydrogens (tertiary/aromatic N) is 2. The maximum Gasteiger partial charge on any atom is 0.250 e. The zero-order chi connectivity index (χ0) is 16.5. The van der Waals surface area contributed by atoms with E-state index in [1.807, 2.05) is 54.6 Å². The largest absolute Gasteiger partial charge is 0.352 e. The molecule has 1 atom stereocenters. The monoisotopic (exact) mass is 320 g/mol. The fourth-order valence-corrected chi connectivity index (χ4v) is 2.99. The number of hydrogen-bond acceptors (Lipinski definition) is 3. The van der Waals surface area contributed by atoms with Gasteiger partial charge in [-0.1, -0.05) is 42.5 Å². The van der Waals surface area contributed by atoms with Crippen LogP contribution in [0.4, 0.5) is 5.95 Å². The van der Waals surface area contributed by atoms with Crippen LogP contribution in [0.25, 0.3) is 11.0 Å². The average molecular weight is 320 g/mol. The Hall–Kier alpha value is -3.15. The highest BCUT2D eigenvalue weighted by molar-refractivity contribution is 6.01. The van der Waals surface area contributed by atoms with Crippen molar-refractivity contribution in [2.24, 2.45) is 0 Å². The Morgan fingerprint density at radius 1 is 1.12 bits per heavy atom. The molecule has 1 aliphatic rings. The van der Waals surface area contributed by atoms with Crippen LogP contribution in [0.2, 0.25) is 0 Å². The van der Waals surface area contributed by atoms with Crippen molar-refractivity contribution in [1.82, 2.24) is 14.9 Å². The van der Waals surface area contributed by atoms with E-state index in [0.29, 0.717) is 12.5 Å². The molecule has 2 N–H and O–H groups in total. The lowest BCUT2D eigenvalue weighted by atomic mass is 10.1. The minimum atomic E-state index is -0.567. The minimum absolute atomic E-state index is 0.0893. The van der Waals surface area contributed by atoms with Gasteiger partial charge in [0, 0.05) is 6.54 Å². The second kappa shape index (κ2) is 5.81. The molecule has 0 saturated heterocycles. The molecule has 0 saturated carbocycles. The second-order valence-electron chi connectivity index (χ2n) is 5.77. The number of fused-ring (bicyclic) bond motifs is 3. The van der Waals surface area contributed by atoms with E-state index < -0.39 is 6.04 Å². The lowest BCUT2D eigenvalue weighted by molar-refractivity contribution is -0.126. The summed E-state index contributed by atoms with van der Waals surface area (Å²) in [5.74, 6) is 0.143. The number of amides is 2. The third kappa shape index (κ3) is 2.52. The second-order valence-corrected chi connectivity index (χ2v) is 5.77. The fraction of sp³-hybridized carbons (Fsp3) is 0.167. The molecule has 2 heterocycles. The summed E-state index contributed by atoms with van der Waals surface area (Å²) in [5.41, 5.74) is 2.68. The first-order valence-electron chi connectivity index (χ1n) is 7.81. The molecular formula is C18H16N4O2. The van der Waals surface area contributed by atoms with E-state index in [1.54, 1.807) is 4.57 Å². The Morgan fingerprint density at radius 3 is 2.71 bits per heavy atom. The Kier molecular flexibility index (Phi) is 3.49. The molecule has 0 aliphatic carbocycles. The van der Waals surface area contributed by atoms with Gasteiger partial charge in [-0.25, -0.2) is 4.98 Å². The first-order chi connectivity index (χ1) is 11.7. The van der Waals surface area contributed by atoms with E-state index in [-0.39, 0.29) is 18.2 Å². The van der Waals surface area contributed by atoms with Crippen molar-refractivity contribution in [2.45, 2.75) is 19.0 Å². The number of aromatic nitrogens is 2. The number of carbonyl (C=O) groups is 2. The van der Waals surface area contributed by atoms with Crippen molar-refractivity contribution in [2.75, 3.05) is 5.32 Å². The number of carbonyl (C=O) groups excluding carboxylic acids is 2. The van der Waals surface area contributed by atoms with Crippen LogP contribution in [-0.4, -0.2) is 21.4 Å². The van der Waals surface area contributed by atoms with E-state index in [4.69, 9.17) is 0 Å². The number of nitrogens with one attached hydrogen (secondary N) is 2. The Balaban J connectivity index is 1.51. The summed E-state index contributed by atoms with van der Waals surface area (Å²) < 4.78 is 1.81. The molecule has 2 amide bonds. The summed E-state index contributed by atoms with van der Waals surface area (Å²) in [5, 5.41) is 5.61. The van der Waals surface area contributed by atoms with Crippen LogP contribution in [0, 0.1) is 0 Å². The van der Waals surface area contributed by atoms with Gasteiger partial charge in [-0.05, 0) is 17.7 Å². The molecule has 1 unspecified atom stereocenters. The number of imidazole rings is 1. The van der Waals surface area contributed by atoms with Gasteiger partial charge in [0.15, 0.2) is 0 Å². The molecule has 6 nitrogen and oxygen atoms in total. The molecule has 2 aromatic carbocycles. The van der Waals surface area contributed by atoms with Gasteiger partial charge in [0.2, 0.25) is 17.8 Å². The van der Waals surface area contributed by atoms with Crippen LogP contribution in [0.5, 0.6) is 0 Å². The molecule has 24 heavy (non-hydrogen) atoms. The summed E-state index contributed by atoms with van der Waals surface area (Å²) >= 11 is 0. The van der Waals surface area contributed by atoms with E-state index in [2.05, 4.69) is 15.6 Å². The van der Waals surface area contributed by atoms with Gasteiger partial charge >= 0.3 is 0 Å². The smallest absolute Gasteiger partial charge is 0.250 e. The van der Waals surface area contributed by atoms with Crippen molar-refractivity contribution in [3.63, 3.8) is 0 Å². The van der Waals surface area contributed by atoms with Crippen LogP contribution in [-0.2, 0) is 16.1 Å². The Bertz CT molecular complexity index is 917. The highest BCUT2D eigenvalue weighted by Gasteiger charge is 2.34. The van der Waals surface area contributed by atoms with Gasteiger partial charge in [-0.2, -0.15) is 0 Å². The first kappa shape index (κ1) is 14.4. The molecule has 120 valence electrons. The minimum Gasteiger partial charge on any atom is -0.352 e. The van der Waals surface area contributed by atoms with Gasteiger partial charge in [0.25, 0.3) is 0 Å². The number of anilines is 1. The third-order valence-electron chi connectivity index (χ3n) is 4.16. The maximum atomic E-state index is 12.3. The van der Waals surface area contributed by atoms with Gasteiger partial charge in [-0.15, -0.1) is 0 Å². The van der Waals surface area contributed by atoms with Crippen molar-refractivity contribution < 1.29 is 9.59 Å². The van der Waals surface area contributed by atoms with Crippen LogP contribution in [0.3, 0.4) is 0 Å². The highest BCUT2D eigenvalue weighted by Crippen LogP contribution is 2.31. The molecule has 0 spiro atoms. The summed E-state index contributed by atoms with van der Waals surface area (Å²) in [6, 6.07) is 16.7. The van der Waals surface area contributed by atoms with E-state index >= 15 is 0 Å². The summed E-state index contributed by atoms with van der Waals surface area (Å²) in [4.78, 5) is 28.8. The zero-order valence-corrected chi connectivity index (χ0v) is 12.9. The maximum absolute atomic E-state index is 12.3. The molecule has 4 rings (SSSR count). The lowest BCUT2D eigenvalue weighted by Crippen LogP contribution is -2.28. The van der Waals surface area contributed by atoms with Crippen molar-refractivity contribution in [3.05, 3.63) is 60.2 Å². The number of hydrogen-bond donors (Lipinski definition) is 2. The molecule has 0 bridgehead atoms. The molecule has 0 fully saturated rings. The lowest BCUT2D eigenvalue weighted by Gasteiger charge is -2.12. The third-order valence-corrected chi connectivity index (χ3v) is 4.16. The van der Waals surface area contributed by atoms with Crippen LogP contribution >= 0.6 is 0 Å². The van der Waals surface area contributed by atoms with Gasteiger partial charge in [0.05, 0.1) is 17.5 Å². The Labute approximate surface area is 138 Å². The molecule has 1 aliphatic heterocycles. The molecule has 6 heteroatoms. The predicted octanol–water partition coefficient (Wildman–Crippen LogP) is 2.24. The summed E-state index contributed by atoms with van der Waals surface area (Å²) in [7, 11) is 0. The van der Waals surface area contributed by atoms with E-state index in [0.717, 1.165) is 16.6 Å².